The van der Waals surface area contributed by atoms with E-state index in [0.717, 1.165) is 19.3 Å². The monoisotopic (exact) mass is 402 g/mol. The van der Waals surface area contributed by atoms with E-state index < -0.39 is 11.4 Å². The van der Waals surface area contributed by atoms with Gasteiger partial charge in [0, 0.05) is 43.4 Å². The third-order valence-corrected chi connectivity index (χ3v) is 9.71. The molecular formula is C24H34O5. The summed E-state index contributed by atoms with van der Waals surface area (Å²) >= 11 is 0. The molecule has 4 aliphatic rings. The number of fused-ring (bicyclic) bond motifs is 5. The molecule has 0 bridgehead atoms. The van der Waals surface area contributed by atoms with Gasteiger partial charge in [-0.05, 0) is 60.7 Å². The summed E-state index contributed by atoms with van der Waals surface area (Å²) in [4.78, 5) is 49.8. The maximum atomic E-state index is 13.6. The van der Waals surface area contributed by atoms with Crippen molar-refractivity contribution in [3.05, 3.63) is 0 Å². The Hall–Kier alpha value is -1.52. The largest absolute Gasteiger partial charge is 0.481 e. The van der Waals surface area contributed by atoms with Crippen LogP contribution in [0.5, 0.6) is 0 Å². The van der Waals surface area contributed by atoms with Gasteiger partial charge in [-0.1, -0.05) is 20.8 Å². The standard InChI is InChI=1S/C24H34O5/c1-13(4-7-22(28)29)16-5-6-17-15-11-20(26)19-10-14(25)8-9-23(19,2)18(15)12-21(27)24(16,17)3/h13,15-19H,4-12H2,1-3H3,(H,28,29)/t13-,15+,16-,17+,18+,19+,23-,24-/m1/s1. The molecule has 0 spiro atoms. The highest BCUT2D eigenvalue weighted by atomic mass is 16.4. The van der Waals surface area contributed by atoms with Gasteiger partial charge in [0.05, 0.1) is 0 Å². The molecule has 0 aliphatic heterocycles. The van der Waals surface area contributed by atoms with Crippen molar-refractivity contribution in [1.82, 2.24) is 0 Å². The van der Waals surface area contributed by atoms with Crippen molar-refractivity contribution >= 4 is 23.3 Å². The third kappa shape index (κ3) is 3.02. The van der Waals surface area contributed by atoms with E-state index in [1.54, 1.807) is 0 Å². The quantitative estimate of drug-likeness (QED) is 0.766. The molecule has 0 aromatic heterocycles. The molecule has 0 heterocycles. The number of carbonyl (C=O) groups excluding carboxylic acids is 3. The number of ketones is 3. The minimum atomic E-state index is -0.782. The number of carboxylic acid groups (broad SMARTS) is 1. The van der Waals surface area contributed by atoms with Crippen LogP contribution in [0.1, 0.15) is 78.6 Å². The molecule has 4 aliphatic carbocycles. The van der Waals surface area contributed by atoms with Gasteiger partial charge in [-0.3, -0.25) is 19.2 Å². The first-order valence-electron chi connectivity index (χ1n) is 11.4. The van der Waals surface area contributed by atoms with Crippen molar-refractivity contribution in [2.45, 2.75) is 78.6 Å². The lowest BCUT2D eigenvalue weighted by Gasteiger charge is -2.59. The van der Waals surface area contributed by atoms with E-state index in [-0.39, 0.29) is 58.9 Å². The van der Waals surface area contributed by atoms with Crippen LogP contribution in [0.3, 0.4) is 0 Å². The zero-order chi connectivity index (χ0) is 21.1. The minimum absolute atomic E-state index is 0.144. The first kappa shape index (κ1) is 20.7. The van der Waals surface area contributed by atoms with Gasteiger partial charge in [-0.25, -0.2) is 0 Å². The highest BCUT2D eigenvalue weighted by Crippen LogP contribution is 2.66. The third-order valence-electron chi connectivity index (χ3n) is 9.71. The number of carboxylic acids is 1. The molecule has 8 atom stereocenters. The summed E-state index contributed by atoms with van der Waals surface area (Å²) in [5.41, 5.74) is -0.662. The summed E-state index contributed by atoms with van der Waals surface area (Å²) < 4.78 is 0. The number of aliphatic carboxylic acids is 1. The Morgan fingerprint density at radius 3 is 2.52 bits per heavy atom. The Morgan fingerprint density at radius 1 is 1.10 bits per heavy atom. The normalized spacial score (nSPS) is 45.3. The van der Waals surface area contributed by atoms with E-state index in [1.165, 1.54) is 0 Å². The van der Waals surface area contributed by atoms with Gasteiger partial charge in [0.15, 0.2) is 0 Å². The maximum Gasteiger partial charge on any atom is 0.303 e. The predicted octanol–water partition coefficient (Wildman–Crippen LogP) is 4.07. The van der Waals surface area contributed by atoms with Gasteiger partial charge in [-0.2, -0.15) is 0 Å². The average molecular weight is 403 g/mol. The van der Waals surface area contributed by atoms with Crippen LogP contribution >= 0.6 is 0 Å². The fourth-order valence-electron chi connectivity index (χ4n) is 8.04. The number of carbonyl (C=O) groups is 4. The molecule has 4 saturated carbocycles. The van der Waals surface area contributed by atoms with Crippen molar-refractivity contribution in [2.24, 2.45) is 46.3 Å². The molecule has 4 fully saturated rings. The van der Waals surface area contributed by atoms with Crippen molar-refractivity contribution in [2.75, 3.05) is 0 Å². The van der Waals surface area contributed by atoms with Crippen LogP contribution in [0.2, 0.25) is 0 Å². The summed E-state index contributed by atoms with van der Waals surface area (Å²) in [5.74, 6) is 0.813. The van der Waals surface area contributed by atoms with E-state index in [2.05, 4.69) is 20.8 Å². The zero-order valence-corrected chi connectivity index (χ0v) is 17.9. The van der Waals surface area contributed by atoms with Gasteiger partial charge < -0.3 is 5.11 Å². The van der Waals surface area contributed by atoms with Crippen molar-refractivity contribution < 1.29 is 24.3 Å². The summed E-state index contributed by atoms with van der Waals surface area (Å²) in [7, 11) is 0. The summed E-state index contributed by atoms with van der Waals surface area (Å²) in [5, 5.41) is 9.07. The second-order valence-electron chi connectivity index (χ2n) is 10.9. The number of Topliss-reactive ketones (excluding diaryl/α,β-unsaturated/α-hetero) is 3. The van der Waals surface area contributed by atoms with Gasteiger partial charge in [-0.15, -0.1) is 0 Å². The molecule has 1 N–H and O–H groups in total. The Balaban J connectivity index is 1.62. The smallest absolute Gasteiger partial charge is 0.303 e. The van der Waals surface area contributed by atoms with Gasteiger partial charge in [0.1, 0.15) is 17.3 Å². The fraction of sp³-hybridized carbons (Fsp3) is 0.833. The van der Waals surface area contributed by atoms with E-state index in [4.69, 9.17) is 5.11 Å². The molecule has 29 heavy (non-hydrogen) atoms. The van der Waals surface area contributed by atoms with Gasteiger partial charge >= 0.3 is 5.97 Å². The highest BCUT2D eigenvalue weighted by molar-refractivity contribution is 5.92. The first-order valence-corrected chi connectivity index (χ1v) is 11.4. The molecule has 0 radical (unpaired) electrons. The lowest BCUT2D eigenvalue weighted by atomic mass is 9.44. The second-order valence-corrected chi connectivity index (χ2v) is 10.9. The Morgan fingerprint density at radius 2 is 1.83 bits per heavy atom. The second kappa shape index (κ2) is 7.02. The molecule has 160 valence electrons. The Bertz CT molecular complexity index is 756. The zero-order valence-electron chi connectivity index (χ0n) is 17.9. The van der Waals surface area contributed by atoms with Crippen LogP contribution in [-0.4, -0.2) is 28.4 Å². The Kier molecular flexibility index (Phi) is 5.02. The molecule has 4 rings (SSSR count). The van der Waals surface area contributed by atoms with Crippen LogP contribution < -0.4 is 0 Å². The molecule has 5 nitrogen and oxygen atoms in total. The topological polar surface area (TPSA) is 88.5 Å². The minimum Gasteiger partial charge on any atom is -0.481 e. The van der Waals surface area contributed by atoms with Gasteiger partial charge in [0.25, 0.3) is 0 Å². The summed E-state index contributed by atoms with van der Waals surface area (Å²) in [6.07, 6.45) is 5.32. The van der Waals surface area contributed by atoms with E-state index in [1.807, 2.05) is 0 Å². The molecule has 0 amide bonds. The van der Waals surface area contributed by atoms with Gasteiger partial charge in [0.2, 0.25) is 0 Å². The average Bonchev–Trinajstić information content (AvgIpc) is 3.02. The molecular weight excluding hydrogens is 368 g/mol. The first-order chi connectivity index (χ1) is 13.6. The van der Waals surface area contributed by atoms with Crippen LogP contribution in [0.25, 0.3) is 0 Å². The molecule has 0 unspecified atom stereocenters. The summed E-state index contributed by atoms with van der Waals surface area (Å²) in [6.45, 7) is 6.36. The van der Waals surface area contributed by atoms with Crippen molar-refractivity contribution in [3.63, 3.8) is 0 Å². The number of hydrogen-bond donors (Lipinski definition) is 1. The highest BCUT2D eigenvalue weighted by Gasteiger charge is 2.65. The maximum absolute atomic E-state index is 13.6. The van der Waals surface area contributed by atoms with Crippen molar-refractivity contribution in [3.8, 4) is 0 Å². The van der Waals surface area contributed by atoms with E-state index in [9.17, 15) is 19.2 Å². The molecule has 0 aromatic rings. The van der Waals surface area contributed by atoms with Crippen molar-refractivity contribution in [1.29, 1.82) is 0 Å². The van der Waals surface area contributed by atoms with Crippen LogP contribution in [0.4, 0.5) is 0 Å². The Labute approximate surface area is 173 Å². The SMILES string of the molecule is C[C@H](CCC(=O)O)[C@H]1CC[C@H]2[C@@H]3CC(=O)[C@@H]4CC(=O)CC[C@]4(C)[C@H]3CC(=O)[C@]12C. The van der Waals surface area contributed by atoms with E-state index in [0.29, 0.717) is 37.9 Å². The molecule has 5 heteroatoms. The molecule has 0 aromatic carbocycles. The number of rotatable bonds is 4. The lowest BCUT2D eigenvalue weighted by Crippen LogP contribution is -2.59. The predicted molar refractivity (Wildman–Crippen MR) is 107 cm³/mol. The summed E-state index contributed by atoms with van der Waals surface area (Å²) in [6, 6.07) is 0. The van der Waals surface area contributed by atoms with Crippen LogP contribution in [0.15, 0.2) is 0 Å². The van der Waals surface area contributed by atoms with E-state index >= 15 is 0 Å². The van der Waals surface area contributed by atoms with Crippen LogP contribution in [0, 0.1) is 46.3 Å². The number of hydrogen-bond acceptors (Lipinski definition) is 4. The van der Waals surface area contributed by atoms with Crippen LogP contribution in [-0.2, 0) is 19.2 Å². The fourth-order valence-corrected chi connectivity index (χ4v) is 8.04. The molecule has 0 saturated heterocycles. The lowest BCUT2D eigenvalue weighted by molar-refractivity contribution is -0.167.